The van der Waals surface area contributed by atoms with Crippen LogP contribution in [0.1, 0.15) is 98.0 Å². The molecule has 0 aliphatic carbocycles. The average Bonchev–Trinajstić information content (AvgIpc) is 2.73. The summed E-state index contributed by atoms with van der Waals surface area (Å²) in [4.78, 5) is 12.1. The second-order valence-electron chi connectivity index (χ2n) is 10.8. The van der Waals surface area contributed by atoms with Crippen molar-refractivity contribution >= 4 is 17.6 Å². The molecule has 0 heterocycles. The molecule has 4 heteroatoms. The summed E-state index contributed by atoms with van der Waals surface area (Å²) >= 11 is 5.94. The summed E-state index contributed by atoms with van der Waals surface area (Å²) in [5.74, 6) is -0.348. The van der Waals surface area contributed by atoms with Crippen molar-refractivity contribution in [3.63, 3.8) is 0 Å². The second-order valence-corrected chi connectivity index (χ2v) is 11.2. The molecule has 0 N–H and O–H groups in total. The number of esters is 1. The van der Waals surface area contributed by atoms with E-state index in [2.05, 4.69) is 34.6 Å². The minimum absolute atomic E-state index is 0.172. The minimum atomic E-state index is -0.176. The van der Waals surface area contributed by atoms with Gasteiger partial charge in [0, 0.05) is 18.2 Å². The second kappa shape index (κ2) is 15.0. The van der Waals surface area contributed by atoms with Crippen LogP contribution in [0.25, 0.3) is 0 Å². The Morgan fingerprint density at radius 1 is 0.875 bits per heavy atom. The fourth-order valence-corrected chi connectivity index (χ4v) is 3.86. The number of hydrogen-bond donors (Lipinski definition) is 0. The van der Waals surface area contributed by atoms with Crippen molar-refractivity contribution < 1.29 is 14.3 Å². The van der Waals surface area contributed by atoms with Gasteiger partial charge in [0.2, 0.25) is 0 Å². The highest BCUT2D eigenvalue weighted by molar-refractivity contribution is 6.30. The van der Waals surface area contributed by atoms with Crippen molar-refractivity contribution in [1.29, 1.82) is 0 Å². The number of methoxy groups -OCH3 is 1. The molecule has 0 saturated carbocycles. The first-order valence-electron chi connectivity index (χ1n) is 12.5. The summed E-state index contributed by atoms with van der Waals surface area (Å²) in [6, 6.07) is 7.64. The van der Waals surface area contributed by atoms with Crippen LogP contribution in [0, 0.1) is 16.7 Å². The molecule has 3 nitrogen and oxygen atoms in total. The zero-order valence-electron chi connectivity index (χ0n) is 21.5. The molecule has 184 valence electrons. The zero-order valence-corrected chi connectivity index (χ0v) is 22.2. The monoisotopic (exact) mass is 466 g/mol. The van der Waals surface area contributed by atoms with Gasteiger partial charge in [-0.15, -0.1) is 0 Å². The molecule has 1 atom stereocenters. The first-order valence-corrected chi connectivity index (χ1v) is 12.8. The fourth-order valence-electron chi connectivity index (χ4n) is 3.73. The van der Waals surface area contributed by atoms with Crippen LogP contribution >= 0.6 is 11.6 Å². The minimum Gasteiger partial charge on any atom is -0.469 e. The van der Waals surface area contributed by atoms with Gasteiger partial charge in [-0.1, -0.05) is 96.9 Å². The SMILES string of the molecule is COC(=O)C(CCOCCCCCCCCCC(C)(C)C(C)(C)C)Cc1ccc(Cl)cc1. The molecule has 1 aromatic carbocycles. The fraction of sp³-hybridized carbons (Fsp3) is 0.750. The van der Waals surface area contributed by atoms with E-state index in [1.807, 2.05) is 24.3 Å². The van der Waals surface area contributed by atoms with Gasteiger partial charge in [-0.2, -0.15) is 0 Å². The number of rotatable bonds is 16. The number of ether oxygens (including phenoxy) is 2. The molecular formula is C28H47ClO3. The molecule has 0 bridgehead atoms. The van der Waals surface area contributed by atoms with Gasteiger partial charge in [0.25, 0.3) is 0 Å². The Bertz CT molecular complexity index is 631. The number of benzene rings is 1. The van der Waals surface area contributed by atoms with E-state index >= 15 is 0 Å². The van der Waals surface area contributed by atoms with Crippen molar-refractivity contribution in [2.45, 2.75) is 98.8 Å². The lowest BCUT2D eigenvalue weighted by Gasteiger charge is -2.39. The Balaban J connectivity index is 2.08. The van der Waals surface area contributed by atoms with Crippen molar-refractivity contribution in [2.75, 3.05) is 20.3 Å². The Labute approximate surface area is 202 Å². The van der Waals surface area contributed by atoms with E-state index in [-0.39, 0.29) is 11.9 Å². The lowest BCUT2D eigenvalue weighted by Crippen LogP contribution is -2.29. The highest BCUT2D eigenvalue weighted by atomic mass is 35.5. The topological polar surface area (TPSA) is 35.5 Å². The van der Waals surface area contributed by atoms with Crippen molar-refractivity contribution in [2.24, 2.45) is 16.7 Å². The van der Waals surface area contributed by atoms with E-state index in [1.54, 1.807) is 0 Å². The Morgan fingerprint density at radius 3 is 2.00 bits per heavy atom. The van der Waals surface area contributed by atoms with Gasteiger partial charge >= 0.3 is 5.97 Å². The molecule has 0 saturated heterocycles. The van der Waals surface area contributed by atoms with Gasteiger partial charge in [0.05, 0.1) is 13.0 Å². The van der Waals surface area contributed by atoms with Crippen LogP contribution in [0.4, 0.5) is 0 Å². The van der Waals surface area contributed by atoms with Gasteiger partial charge in [-0.3, -0.25) is 4.79 Å². The lowest BCUT2D eigenvalue weighted by molar-refractivity contribution is -0.146. The number of hydrogen-bond acceptors (Lipinski definition) is 3. The molecule has 0 spiro atoms. The Kier molecular flexibility index (Phi) is 13.5. The number of halogens is 1. The molecule has 1 unspecified atom stereocenters. The van der Waals surface area contributed by atoms with Crippen LogP contribution in [-0.2, 0) is 20.7 Å². The number of carbonyl (C=O) groups excluding carboxylic acids is 1. The third-order valence-electron chi connectivity index (χ3n) is 7.16. The highest BCUT2D eigenvalue weighted by Gasteiger charge is 2.31. The van der Waals surface area contributed by atoms with Crippen molar-refractivity contribution in [3.05, 3.63) is 34.9 Å². The summed E-state index contributed by atoms with van der Waals surface area (Å²) < 4.78 is 10.8. The van der Waals surface area contributed by atoms with E-state index in [0.29, 0.717) is 35.3 Å². The van der Waals surface area contributed by atoms with Crippen LogP contribution < -0.4 is 0 Å². The van der Waals surface area contributed by atoms with Crippen LogP contribution in [0.3, 0.4) is 0 Å². The normalized spacial score (nSPS) is 13.2. The smallest absolute Gasteiger partial charge is 0.309 e. The van der Waals surface area contributed by atoms with Crippen LogP contribution in [0.5, 0.6) is 0 Å². The molecule has 0 amide bonds. The third-order valence-corrected chi connectivity index (χ3v) is 7.41. The highest BCUT2D eigenvalue weighted by Crippen LogP contribution is 2.41. The maximum absolute atomic E-state index is 12.1. The average molecular weight is 467 g/mol. The van der Waals surface area contributed by atoms with Gasteiger partial charge in [0.1, 0.15) is 0 Å². The van der Waals surface area contributed by atoms with E-state index in [1.165, 1.54) is 52.1 Å². The van der Waals surface area contributed by atoms with E-state index in [0.717, 1.165) is 18.6 Å². The van der Waals surface area contributed by atoms with E-state index in [9.17, 15) is 4.79 Å². The predicted octanol–water partition coefficient (Wildman–Crippen LogP) is 8.27. The van der Waals surface area contributed by atoms with Gasteiger partial charge in [-0.05, 0) is 54.2 Å². The Morgan fingerprint density at radius 2 is 1.44 bits per heavy atom. The molecule has 32 heavy (non-hydrogen) atoms. The molecule has 0 aromatic heterocycles. The van der Waals surface area contributed by atoms with E-state index < -0.39 is 0 Å². The van der Waals surface area contributed by atoms with E-state index in [4.69, 9.17) is 21.1 Å². The van der Waals surface area contributed by atoms with Crippen molar-refractivity contribution in [1.82, 2.24) is 0 Å². The maximum atomic E-state index is 12.1. The zero-order chi connectivity index (χ0) is 24.0. The number of carbonyl (C=O) groups is 1. The molecular weight excluding hydrogens is 420 g/mol. The summed E-state index contributed by atoms with van der Waals surface area (Å²) in [6.07, 6.45) is 11.6. The molecule has 0 fully saturated rings. The van der Waals surface area contributed by atoms with Crippen LogP contribution in [0.2, 0.25) is 5.02 Å². The maximum Gasteiger partial charge on any atom is 0.309 e. The van der Waals surface area contributed by atoms with Gasteiger partial charge in [-0.25, -0.2) is 0 Å². The molecule has 1 rings (SSSR count). The van der Waals surface area contributed by atoms with Gasteiger partial charge in [0.15, 0.2) is 0 Å². The predicted molar refractivity (Wildman–Crippen MR) is 136 cm³/mol. The van der Waals surface area contributed by atoms with Crippen LogP contribution in [0.15, 0.2) is 24.3 Å². The summed E-state index contributed by atoms with van der Waals surface area (Å²) in [6.45, 7) is 13.2. The first-order chi connectivity index (χ1) is 15.1. The Hall–Kier alpha value is -1.06. The summed E-state index contributed by atoms with van der Waals surface area (Å²) in [7, 11) is 1.45. The quantitative estimate of drug-likeness (QED) is 0.181. The van der Waals surface area contributed by atoms with Gasteiger partial charge < -0.3 is 9.47 Å². The molecule has 0 aliphatic rings. The molecule has 1 aromatic rings. The molecule has 0 aliphatic heterocycles. The molecule has 0 radical (unpaired) electrons. The number of unbranched alkanes of at least 4 members (excludes halogenated alkanes) is 6. The standard InChI is InChI=1S/C28H47ClO3/c1-27(2,3)28(4,5)19-12-10-8-7-9-11-13-20-32-21-18-24(26(30)31-6)22-23-14-16-25(29)17-15-23/h14-17,24H,7-13,18-22H2,1-6H3. The lowest BCUT2D eigenvalue weighted by atomic mass is 9.67. The summed E-state index contributed by atoms with van der Waals surface area (Å²) in [5.41, 5.74) is 1.87. The summed E-state index contributed by atoms with van der Waals surface area (Å²) in [5, 5.41) is 0.705. The largest absolute Gasteiger partial charge is 0.469 e. The first kappa shape index (κ1) is 29.0. The van der Waals surface area contributed by atoms with Crippen molar-refractivity contribution in [3.8, 4) is 0 Å². The third kappa shape index (κ3) is 11.7. The van der Waals surface area contributed by atoms with Crippen LogP contribution in [-0.4, -0.2) is 26.3 Å².